The van der Waals surface area contributed by atoms with E-state index in [-0.39, 0.29) is 12.5 Å². The molecule has 0 aliphatic heterocycles. The molecule has 0 radical (unpaired) electrons. The molecule has 3 rings (SSSR count). The van der Waals surface area contributed by atoms with Crippen molar-refractivity contribution in [2.24, 2.45) is 0 Å². The summed E-state index contributed by atoms with van der Waals surface area (Å²) >= 11 is 0. The SMILES string of the molecule is CCOc1cc(C#N)ccc1OCC(=O)Nc1cccc(Cn2ccnc2)c1. The Morgan fingerprint density at radius 3 is 2.86 bits per heavy atom. The van der Waals surface area contributed by atoms with Gasteiger partial charge in [-0.05, 0) is 36.8 Å². The number of nitriles is 1. The average molecular weight is 376 g/mol. The molecule has 7 nitrogen and oxygen atoms in total. The zero-order valence-electron chi connectivity index (χ0n) is 15.5. The highest BCUT2D eigenvalue weighted by Gasteiger charge is 2.10. The minimum Gasteiger partial charge on any atom is -0.490 e. The lowest BCUT2D eigenvalue weighted by atomic mass is 10.2. The molecule has 3 aromatic rings. The number of nitrogens with zero attached hydrogens (tertiary/aromatic N) is 3. The van der Waals surface area contributed by atoms with Gasteiger partial charge < -0.3 is 19.4 Å². The summed E-state index contributed by atoms with van der Waals surface area (Å²) in [6.07, 6.45) is 5.35. The molecule has 0 aliphatic carbocycles. The molecule has 142 valence electrons. The summed E-state index contributed by atoms with van der Waals surface area (Å²) in [5.74, 6) is 0.577. The number of imidazole rings is 1. The summed E-state index contributed by atoms with van der Waals surface area (Å²) in [6, 6.07) is 14.5. The van der Waals surface area contributed by atoms with Crippen molar-refractivity contribution in [2.45, 2.75) is 13.5 Å². The number of anilines is 1. The van der Waals surface area contributed by atoms with Crippen LogP contribution in [0.5, 0.6) is 11.5 Å². The summed E-state index contributed by atoms with van der Waals surface area (Å²) in [7, 11) is 0. The molecule has 1 aromatic heterocycles. The van der Waals surface area contributed by atoms with Crippen LogP contribution in [0, 0.1) is 11.3 Å². The van der Waals surface area contributed by atoms with Gasteiger partial charge in [0, 0.05) is 30.7 Å². The Hall–Kier alpha value is -3.79. The Morgan fingerprint density at radius 1 is 1.21 bits per heavy atom. The zero-order valence-corrected chi connectivity index (χ0v) is 15.5. The Labute approximate surface area is 163 Å². The third kappa shape index (κ3) is 5.11. The third-order valence-corrected chi connectivity index (χ3v) is 3.87. The van der Waals surface area contributed by atoms with Gasteiger partial charge in [-0.25, -0.2) is 4.98 Å². The molecule has 28 heavy (non-hydrogen) atoms. The average Bonchev–Trinajstić information content (AvgIpc) is 3.20. The van der Waals surface area contributed by atoms with Gasteiger partial charge in [0.1, 0.15) is 0 Å². The Bertz CT molecular complexity index is 978. The first-order chi connectivity index (χ1) is 13.7. The highest BCUT2D eigenvalue weighted by Crippen LogP contribution is 2.28. The fourth-order valence-corrected chi connectivity index (χ4v) is 2.64. The number of nitrogens with one attached hydrogen (secondary N) is 1. The van der Waals surface area contributed by atoms with E-state index in [0.717, 1.165) is 5.56 Å². The van der Waals surface area contributed by atoms with Gasteiger partial charge in [-0.3, -0.25) is 4.79 Å². The van der Waals surface area contributed by atoms with Crippen LogP contribution in [0.1, 0.15) is 18.1 Å². The predicted molar refractivity (Wildman–Crippen MR) is 104 cm³/mol. The van der Waals surface area contributed by atoms with Crippen LogP contribution < -0.4 is 14.8 Å². The first-order valence-corrected chi connectivity index (χ1v) is 8.82. The van der Waals surface area contributed by atoms with Gasteiger partial charge in [-0.2, -0.15) is 5.26 Å². The van der Waals surface area contributed by atoms with E-state index >= 15 is 0 Å². The zero-order chi connectivity index (χ0) is 19.8. The molecule has 0 fully saturated rings. The lowest BCUT2D eigenvalue weighted by Crippen LogP contribution is -2.20. The van der Waals surface area contributed by atoms with E-state index < -0.39 is 0 Å². The molecule has 2 aromatic carbocycles. The van der Waals surface area contributed by atoms with Crippen LogP contribution in [0.25, 0.3) is 0 Å². The molecule has 0 unspecified atom stereocenters. The number of carbonyl (C=O) groups is 1. The minimum atomic E-state index is -0.286. The predicted octanol–water partition coefficient (Wildman–Crippen LogP) is 3.22. The standard InChI is InChI=1S/C21H20N4O3/c1-2-27-20-11-16(12-22)6-7-19(20)28-14-21(26)24-18-5-3-4-17(10-18)13-25-9-8-23-15-25/h3-11,15H,2,13-14H2,1H3,(H,24,26). The summed E-state index contributed by atoms with van der Waals surface area (Å²) < 4.78 is 13.0. The van der Waals surface area contributed by atoms with Crippen molar-refractivity contribution in [1.29, 1.82) is 5.26 Å². The molecule has 0 bridgehead atoms. The Kier molecular flexibility index (Phi) is 6.26. The molecular formula is C21H20N4O3. The molecule has 0 saturated carbocycles. The second kappa shape index (κ2) is 9.24. The highest BCUT2D eigenvalue weighted by molar-refractivity contribution is 5.92. The van der Waals surface area contributed by atoms with E-state index in [1.807, 2.05) is 42.0 Å². The minimum absolute atomic E-state index is 0.169. The lowest BCUT2D eigenvalue weighted by Gasteiger charge is -2.12. The fraction of sp³-hybridized carbons (Fsp3) is 0.190. The number of ether oxygens (including phenoxy) is 2. The van der Waals surface area contributed by atoms with Crippen LogP contribution in [0.15, 0.2) is 61.2 Å². The fourth-order valence-electron chi connectivity index (χ4n) is 2.64. The van der Waals surface area contributed by atoms with Gasteiger partial charge in [0.15, 0.2) is 18.1 Å². The van der Waals surface area contributed by atoms with E-state index in [0.29, 0.717) is 35.9 Å². The number of carbonyl (C=O) groups excluding carboxylic acids is 1. The molecule has 1 N–H and O–H groups in total. The largest absolute Gasteiger partial charge is 0.490 e. The monoisotopic (exact) mass is 376 g/mol. The van der Waals surface area contributed by atoms with Crippen LogP contribution in [-0.4, -0.2) is 28.7 Å². The van der Waals surface area contributed by atoms with Crippen molar-refractivity contribution >= 4 is 11.6 Å². The van der Waals surface area contributed by atoms with Crippen molar-refractivity contribution in [2.75, 3.05) is 18.5 Å². The second-order valence-corrected chi connectivity index (χ2v) is 5.98. The van der Waals surface area contributed by atoms with Crippen LogP contribution in [0.4, 0.5) is 5.69 Å². The molecule has 1 amide bonds. The smallest absolute Gasteiger partial charge is 0.262 e. The Balaban J connectivity index is 1.60. The number of hydrogen-bond acceptors (Lipinski definition) is 5. The lowest BCUT2D eigenvalue weighted by molar-refractivity contribution is -0.118. The van der Waals surface area contributed by atoms with Crippen molar-refractivity contribution in [1.82, 2.24) is 9.55 Å². The molecule has 1 heterocycles. The van der Waals surface area contributed by atoms with E-state index in [2.05, 4.69) is 16.4 Å². The van der Waals surface area contributed by atoms with Gasteiger partial charge in [0.25, 0.3) is 5.91 Å². The molecule has 0 saturated heterocycles. The van der Waals surface area contributed by atoms with Gasteiger partial charge in [-0.1, -0.05) is 12.1 Å². The summed E-state index contributed by atoms with van der Waals surface area (Å²) in [5.41, 5.74) is 2.20. The maximum absolute atomic E-state index is 12.3. The first kappa shape index (κ1) is 19.0. The van der Waals surface area contributed by atoms with Crippen molar-refractivity contribution in [3.63, 3.8) is 0 Å². The van der Waals surface area contributed by atoms with Crippen LogP contribution in [0.2, 0.25) is 0 Å². The van der Waals surface area contributed by atoms with E-state index in [4.69, 9.17) is 14.7 Å². The molecular weight excluding hydrogens is 356 g/mol. The normalized spacial score (nSPS) is 10.1. The topological polar surface area (TPSA) is 89.2 Å². The summed E-state index contributed by atoms with van der Waals surface area (Å²) in [5, 5.41) is 11.8. The number of rotatable bonds is 8. The quantitative estimate of drug-likeness (QED) is 0.652. The van der Waals surface area contributed by atoms with E-state index in [9.17, 15) is 4.79 Å². The van der Waals surface area contributed by atoms with Crippen LogP contribution >= 0.6 is 0 Å². The number of benzene rings is 2. The van der Waals surface area contributed by atoms with Crippen LogP contribution in [-0.2, 0) is 11.3 Å². The van der Waals surface area contributed by atoms with Crippen molar-refractivity contribution in [3.05, 3.63) is 72.3 Å². The molecule has 7 heteroatoms. The highest BCUT2D eigenvalue weighted by atomic mass is 16.5. The van der Waals surface area contributed by atoms with Gasteiger partial charge in [0.2, 0.25) is 0 Å². The van der Waals surface area contributed by atoms with Gasteiger partial charge in [0.05, 0.1) is 24.6 Å². The number of aromatic nitrogens is 2. The second-order valence-electron chi connectivity index (χ2n) is 5.98. The number of hydrogen-bond donors (Lipinski definition) is 1. The van der Waals surface area contributed by atoms with Gasteiger partial charge >= 0.3 is 0 Å². The molecule has 0 atom stereocenters. The first-order valence-electron chi connectivity index (χ1n) is 8.82. The number of amides is 1. The third-order valence-electron chi connectivity index (χ3n) is 3.87. The maximum Gasteiger partial charge on any atom is 0.262 e. The molecule has 0 spiro atoms. The van der Waals surface area contributed by atoms with E-state index in [1.165, 1.54) is 0 Å². The van der Waals surface area contributed by atoms with Crippen molar-refractivity contribution < 1.29 is 14.3 Å². The molecule has 0 aliphatic rings. The Morgan fingerprint density at radius 2 is 2.11 bits per heavy atom. The maximum atomic E-state index is 12.3. The summed E-state index contributed by atoms with van der Waals surface area (Å²) in [4.78, 5) is 16.3. The van der Waals surface area contributed by atoms with E-state index in [1.54, 1.807) is 30.7 Å². The summed E-state index contributed by atoms with van der Waals surface area (Å²) in [6.45, 7) is 2.77. The van der Waals surface area contributed by atoms with Crippen molar-refractivity contribution in [3.8, 4) is 17.6 Å². The van der Waals surface area contributed by atoms with Gasteiger partial charge in [-0.15, -0.1) is 0 Å². The van der Waals surface area contributed by atoms with Crippen LogP contribution in [0.3, 0.4) is 0 Å².